The van der Waals surface area contributed by atoms with Crippen LogP contribution in [-0.2, 0) is 17.9 Å². The third-order valence-electron chi connectivity index (χ3n) is 6.47. The molecule has 0 saturated carbocycles. The molecule has 2 aromatic carbocycles. The summed E-state index contributed by atoms with van der Waals surface area (Å²) in [6, 6.07) is 20.1. The first-order valence-corrected chi connectivity index (χ1v) is 12.6. The molecule has 0 spiro atoms. The molecule has 174 valence electrons. The molecular formula is C27H28N4O2S. The Morgan fingerprint density at radius 1 is 1.03 bits per heavy atom. The molecule has 2 aromatic heterocycles. The number of hydrogen-bond donors (Lipinski definition) is 1. The molecule has 4 aromatic rings. The van der Waals surface area contributed by atoms with Crippen molar-refractivity contribution in [3.63, 3.8) is 0 Å². The van der Waals surface area contributed by atoms with Gasteiger partial charge in [-0.3, -0.25) is 14.2 Å². The zero-order valence-electron chi connectivity index (χ0n) is 19.2. The van der Waals surface area contributed by atoms with E-state index in [2.05, 4.69) is 41.4 Å². The second-order valence-electron chi connectivity index (χ2n) is 8.89. The minimum Gasteiger partial charge on any atom is -0.352 e. The van der Waals surface area contributed by atoms with Gasteiger partial charge in [-0.1, -0.05) is 60.2 Å². The highest BCUT2D eigenvalue weighted by Crippen LogP contribution is 2.25. The van der Waals surface area contributed by atoms with Crippen LogP contribution in [0, 0.1) is 12.8 Å². The fourth-order valence-corrected chi connectivity index (χ4v) is 5.24. The van der Waals surface area contributed by atoms with Crippen LogP contribution in [-0.4, -0.2) is 28.5 Å². The Balaban J connectivity index is 1.30. The normalized spacial score (nSPS) is 14.4. The van der Waals surface area contributed by atoms with E-state index in [-0.39, 0.29) is 17.4 Å². The number of aromatic nitrogens is 2. The molecule has 1 amide bonds. The van der Waals surface area contributed by atoms with Gasteiger partial charge in [0.2, 0.25) is 11.9 Å². The number of anilines is 1. The van der Waals surface area contributed by atoms with E-state index >= 15 is 0 Å². The van der Waals surface area contributed by atoms with E-state index in [9.17, 15) is 9.59 Å². The lowest BCUT2D eigenvalue weighted by Gasteiger charge is -2.33. The van der Waals surface area contributed by atoms with E-state index < -0.39 is 0 Å². The molecule has 0 unspecified atom stereocenters. The smallest absolute Gasteiger partial charge is 0.273 e. The summed E-state index contributed by atoms with van der Waals surface area (Å²) in [5.74, 6) is 0.766. The molecular weight excluding hydrogens is 444 g/mol. The molecule has 0 aliphatic carbocycles. The number of hydrogen-bond acceptors (Lipinski definition) is 5. The third-order valence-corrected chi connectivity index (χ3v) is 7.36. The number of carbonyl (C=O) groups is 1. The average Bonchev–Trinajstić information content (AvgIpc) is 3.35. The molecule has 6 nitrogen and oxygen atoms in total. The SMILES string of the molecule is Cc1ccc(CNC(=O)C2CCN(c3nc4ccsc4c(=O)n3Cc3ccccc3)CC2)cc1. The van der Waals surface area contributed by atoms with Gasteiger partial charge in [0.1, 0.15) is 4.70 Å². The fraction of sp³-hybridized carbons (Fsp3) is 0.296. The van der Waals surface area contributed by atoms with E-state index in [1.165, 1.54) is 16.9 Å². The molecule has 3 heterocycles. The maximum atomic E-state index is 13.3. The standard InChI is InChI=1S/C27H28N4O2S/c1-19-7-9-20(10-8-19)17-28-25(32)22-11-14-30(15-12-22)27-29-23-13-16-34-24(23)26(33)31(27)18-21-5-3-2-4-6-21/h2-10,13,16,22H,11-12,14-15,17-18H2,1H3,(H,28,32). The summed E-state index contributed by atoms with van der Waals surface area (Å²) < 4.78 is 2.47. The van der Waals surface area contributed by atoms with Crippen LogP contribution in [0.3, 0.4) is 0 Å². The van der Waals surface area contributed by atoms with Gasteiger partial charge in [0.05, 0.1) is 12.1 Å². The monoisotopic (exact) mass is 472 g/mol. The number of rotatable bonds is 6. The molecule has 1 saturated heterocycles. The van der Waals surface area contributed by atoms with Gasteiger partial charge in [0.25, 0.3) is 5.56 Å². The van der Waals surface area contributed by atoms with Gasteiger partial charge in [-0.05, 0) is 42.3 Å². The molecule has 7 heteroatoms. The van der Waals surface area contributed by atoms with Crippen molar-refractivity contribution < 1.29 is 4.79 Å². The fourth-order valence-electron chi connectivity index (χ4n) is 4.46. The maximum absolute atomic E-state index is 13.3. The van der Waals surface area contributed by atoms with Crippen molar-refractivity contribution in [1.29, 1.82) is 0 Å². The van der Waals surface area contributed by atoms with Crippen LogP contribution in [0.1, 0.15) is 29.5 Å². The van der Waals surface area contributed by atoms with Crippen molar-refractivity contribution >= 4 is 33.4 Å². The van der Waals surface area contributed by atoms with Crippen molar-refractivity contribution in [3.8, 4) is 0 Å². The second kappa shape index (κ2) is 9.81. The van der Waals surface area contributed by atoms with E-state index in [4.69, 9.17) is 4.98 Å². The number of amides is 1. The lowest BCUT2D eigenvalue weighted by molar-refractivity contribution is -0.125. The van der Waals surface area contributed by atoms with Gasteiger partial charge in [-0.25, -0.2) is 4.98 Å². The lowest BCUT2D eigenvalue weighted by atomic mass is 9.96. The molecule has 1 aliphatic rings. The zero-order chi connectivity index (χ0) is 23.5. The number of aryl methyl sites for hydroxylation is 1. The Hall–Kier alpha value is -3.45. The highest BCUT2D eigenvalue weighted by molar-refractivity contribution is 7.17. The molecule has 0 atom stereocenters. The van der Waals surface area contributed by atoms with E-state index in [1.54, 1.807) is 4.57 Å². The second-order valence-corrected chi connectivity index (χ2v) is 9.80. The van der Waals surface area contributed by atoms with Crippen LogP contribution in [0.5, 0.6) is 0 Å². The van der Waals surface area contributed by atoms with Crippen LogP contribution in [0.15, 0.2) is 70.8 Å². The van der Waals surface area contributed by atoms with E-state index in [0.29, 0.717) is 36.8 Å². The van der Waals surface area contributed by atoms with Gasteiger partial charge in [-0.15, -0.1) is 11.3 Å². The predicted octanol–water partition coefficient (Wildman–Crippen LogP) is 4.35. The Morgan fingerprint density at radius 3 is 2.50 bits per heavy atom. The average molecular weight is 473 g/mol. The number of benzene rings is 2. The van der Waals surface area contributed by atoms with Gasteiger partial charge in [-0.2, -0.15) is 0 Å². The summed E-state index contributed by atoms with van der Waals surface area (Å²) in [5, 5.41) is 5.01. The van der Waals surface area contributed by atoms with Crippen LogP contribution in [0.2, 0.25) is 0 Å². The highest BCUT2D eigenvalue weighted by atomic mass is 32.1. The highest BCUT2D eigenvalue weighted by Gasteiger charge is 2.27. The van der Waals surface area contributed by atoms with Gasteiger partial charge >= 0.3 is 0 Å². The molecule has 5 rings (SSSR count). The van der Waals surface area contributed by atoms with Crippen LogP contribution in [0.4, 0.5) is 5.95 Å². The molecule has 1 fully saturated rings. The first-order chi connectivity index (χ1) is 16.6. The third kappa shape index (κ3) is 4.75. The Morgan fingerprint density at radius 2 is 1.76 bits per heavy atom. The number of carbonyl (C=O) groups excluding carboxylic acids is 1. The molecule has 1 aliphatic heterocycles. The number of thiophene rings is 1. The number of nitrogens with zero attached hydrogens (tertiary/aromatic N) is 3. The number of fused-ring (bicyclic) bond motifs is 1. The summed E-state index contributed by atoms with van der Waals surface area (Å²) in [5.41, 5.74) is 4.12. The summed E-state index contributed by atoms with van der Waals surface area (Å²) in [6.45, 7) is 4.47. The largest absolute Gasteiger partial charge is 0.352 e. The first kappa shape index (κ1) is 22.3. The Labute approximate surface area is 202 Å². The summed E-state index contributed by atoms with van der Waals surface area (Å²) in [6.07, 6.45) is 1.48. The van der Waals surface area contributed by atoms with Crippen molar-refractivity contribution in [1.82, 2.24) is 14.9 Å². The lowest BCUT2D eigenvalue weighted by Crippen LogP contribution is -2.42. The van der Waals surface area contributed by atoms with Crippen molar-refractivity contribution in [2.45, 2.75) is 32.9 Å². The van der Waals surface area contributed by atoms with Gasteiger partial charge < -0.3 is 10.2 Å². The number of nitrogens with one attached hydrogen (secondary N) is 1. The van der Waals surface area contributed by atoms with Gasteiger partial charge in [0, 0.05) is 25.6 Å². The van der Waals surface area contributed by atoms with Crippen molar-refractivity contribution in [2.24, 2.45) is 5.92 Å². The molecule has 0 bridgehead atoms. The zero-order valence-corrected chi connectivity index (χ0v) is 20.1. The first-order valence-electron chi connectivity index (χ1n) is 11.7. The maximum Gasteiger partial charge on any atom is 0.273 e. The molecule has 34 heavy (non-hydrogen) atoms. The minimum absolute atomic E-state index is 0.00295. The number of piperidine rings is 1. The topological polar surface area (TPSA) is 67.2 Å². The van der Waals surface area contributed by atoms with Gasteiger partial charge in [0.15, 0.2) is 0 Å². The summed E-state index contributed by atoms with van der Waals surface area (Å²) in [7, 11) is 0. The Kier molecular flexibility index (Phi) is 6.45. The summed E-state index contributed by atoms with van der Waals surface area (Å²) in [4.78, 5) is 33.1. The molecule has 1 N–H and O–H groups in total. The Bertz CT molecular complexity index is 1340. The van der Waals surface area contributed by atoms with Crippen molar-refractivity contribution in [2.75, 3.05) is 18.0 Å². The quantitative estimate of drug-likeness (QED) is 0.453. The van der Waals surface area contributed by atoms with Crippen LogP contribution >= 0.6 is 11.3 Å². The van der Waals surface area contributed by atoms with E-state index in [0.717, 1.165) is 29.5 Å². The van der Waals surface area contributed by atoms with Crippen molar-refractivity contribution in [3.05, 3.63) is 93.1 Å². The predicted molar refractivity (Wildman–Crippen MR) is 137 cm³/mol. The van der Waals surface area contributed by atoms with E-state index in [1.807, 2.05) is 41.8 Å². The van der Waals surface area contributed by atoms with Crippen LogP contribution in [0.25, 0.3) is 10.2 Å². The van der Waals surface area contributed by atoms with Crippen LogP contribution < -0.4 is 15.8 Å². The summed E-state index contributed by atoms with van der Waals surface area (Å²) >= 11 is 1.44. The molecule has 0 radical (unpaired) electrons. The minimum atomic E-state index is -0.0270.